The summed E-state index contributed by atoms with van der Waals surface area (Å²) in [6.07, 6.45) is 6.59. The molecule has 1 rings (SSSR count). The van der Waals surface area contributed by atoms with Crippen molar-refractivity contribution < 1.29 is 0 Å². The molecule has 0 aliphatic carbocycles. The molecule has 0 aliphatic heterocycles. The highest BCUT2D eigenvalue weighted by Crippen LogP contribution is 2.27. The molecule has 0 amide bonds. The first kappa shape index (κ1) is 12.8. The van der Waals surface area contributed by atoms with E-state index in [1.54, 1.807) is 0 Å². The van der Waals surface area contributed by atoms with Crippen LogP contribution < -0.4 is 0 Å². The predicted molar refractivity (Wildman–Crippen MR) is 71.3 cm³/mol. The molecule has 1 aromatic carbocycles. The van der Waals surface area contributed by atoms with Crippen LogP contribution in [0.1, 0.15) is 57.4 Å². The highest BCUT2D eigenvalue weighted by atomic mass is 79.9. The lowest BCUT2D eigenvalue weighted by molar-refractivity contribution is 0.541. The van der Waals surface area contributed by atoms with Crippen LogP contribution in [0.15, 0.2) is 28.7 Å². The van der Waals surface area contributed by atoms with Crippen LogP contribution >= 0.6 is 15.9 Å². The molecule has 0 bridgehead atoms. The summed E-state index contributed by atoms with van der Waals surface area (Å²) >= 11 is 3.49. The van der Waals surface area contributed by atoms with Crippen LogP contribution in [0, 0.1) is 0 Å². The summed E-state index contributed by atoms with van der Waals surface area (Å²) in [4.78, 5) is 0. The van der Waals surface area contributed by atoms with E-state index in [0.717, 1.165) is 5.92 Å². The molecule has 1 atom stereocenters. The van der Waals surface area contributed by atoms with Gasteiger partial charge >= 0.3 is 0 Å². The minimum absolute atomic E-state index is 0.767. The fraction of sp³-hybridized carbons (Fsp3) is 0.571. The summed E-state index contributed by atoms with van der Waals surface area (Å²) in [6, 6.07) is 8.84. The number of hydrogen-bond donors (Lipinski definition) is 0. The number of hydrogen-bond acceptors (Lipinski definition) is 0. The van der Waals surface area contributed by atoms with Gasteiger partial charge in [0.15, 0.2) is 0 Å². The first-order chi connectivity index (χ1) is 7.27. The normalized spacial score (nSPS) is 12.7. The fourth-order valence-electron chi connectivity index (χ4n) is 2.01. The lowest BCUT2D eigenvalue weighted by Gasteiger charge is -2.16. The van der Waals surface area contributed by atoms with E-state index in [9.17, 15) is 0 Å². The number of benzene rings is 1. The lowest BCUT2D eigenvalue weighted by Crippen LogP contribution is -1.98. The molecular weight excluding hydrogens is 248 g/mol. The molecule has 0 saturated carbocycles. The third-order valence-electron chi connectivity index (χ3n) is 2.88. The van der Waals surface area contributed by atoms with Crippen molar-refractivity contribution in [2.75, 3.05) is 0 Å². The van der Waals surface area contributed by atoms with Crippen molar-refractivity contribution in [1.82, 2.24) is 0 Å². The standard InChI is InChI=1S/C14H21Br/c1-3-5-7-12(6-4-2)13-8-10-14(15)11-9-13/h8-12H,3-7H2,1-2H3. The summed E-state index contributed by atoms with van der Waals surface area (Å²) in [5.41, 5.74) is 1.51. The molecule has 1 aromatic rings. The smallest absolute Gasteiger partial charge is 0.0175 e. The van der Waals surface area contributed by atoms with Crippen LogP contribution in [0.3, 0.4) is 0 Å². The van der Waals surface area contributed by atoms with Crippen molar-refractivity contribution >= 4 is 15.9 Å². The maximum absolute atomic E-state index is 3.49. The molecule has 0 spiro atoms. The molecule has 0 saturated heterocycles. The van der Waals surface area contributed by atoms with Crippen LogP contribution in [-0.2, 0) is 0 Å². The Balaban J connectivity index is 2.65. The average Bonchev–Trinajstić information content (AvgIpc) is 2.25. The maximum atomic E-state index is 3.49. The summed E-state index contributed by atoms with van der Waals surface area (Å²) in [6.45, 7) is 4.54. The maximum Gasteiger partial charge on any atom is 0.0175 e. The molecule has 0 aromatic heterocycles. The molecule has 0 radical (unpaired) electrons. The van der Waals surface area contributed by atoms with Crippen molar-refractivity contribution in [3.63, 3.8) is 0 Å². The van der Waals surface area contributed by atoms with E-state index in [0.29, 0.717) is 0 Å². The summed E-state index contributed by atoms with van der Waals surface area (Å²) in [5.74, 6) is 0.767. The van der Waals surface area contributed by atoms with Crippen molar-refractivity contribution in [3.8, 4) is 0 Å². The Kier molecular flexibility index (Phi) is 6.00. The Morgan fingerprint density at radius 3 is 2.20 bits per heavy atom. The highest BCUT2D eigenvalue weighted by Gasteiger charge is 2.09. The van der Waals surface area contributed by atoms with Gasteiger partial charge in [-0.05, 0) is 36.5 Å². The molecule has 0 fully saturated rings. The minimum atomic E-state index is 0.767. The molecule has 0 aliphatic rings. The monoisotopic (exact) mass is 268 g/mol. The van der Waals surface area contributed by atoms with E-state index in [1.807, 2.05) is 0 Å². The van der Waals surface area contributed by atoms with E-state index in [2.05, 4.69) is 54.0 Å². The zero-order valence-corrected chi connectivity index (χ0v) is 11.4. The predicted octanol–water partition coefficient (Wildman–Crippen LogP) is 5.52. The molecule has 1 heteroatoms. The summed E-state index contributed by atoms with van der Waals surface area (Å²) in [5, 5.41) is 0. The van der Waals surface area contributed by atoms with Gasteiger partial charge in [0.2, 0.25) is 0 Å². The molecule has 0 heterocycles. The first-order valence-electron chi connectivity index (χ1n) is 6.03. The third-order valence-corrected chi connectivity index (χ3v) is 3.41. The van der Waals surface area contributed by atoms with Crippen LogP contribution in [-0.4, -0.2) is 0 Å². The van der Waals surface area contributed by atoms with Gasteiger partial charge in [-0.1, -0.05) is 61.2 Å². The first-order valence-corrected chi connectivity index (χ1v) is 6.82. The van der Waals surface area contributed by atoms with Gasteiger partial charge in [-0.25, -0.2) is 0 Å². The van der Waals surface area contributed by atoms with Crippen molar-refractivity contribution in [3.05, 3.63) is 34.3 Å². The Morgan fingerprint density at radius 2 is 1.67 bits per heavy atom. The molecule has 15 heavy (non-hydrogen) atoms. The minimum Gasteiger partial charge on any atom is -0.0654 e. The Bertz CT molecular complexity index is 263. The zero-order valence-electron chi connectivity index (χ0n) is 9.80. The number of unbranched alkanes of at least 4 members (excludes halogenated alkanes) is 1. The van der Waals surface area contributed by atoms with Crippen LogP contribution in [0.25, 0.3) is 0 Å². The van der Waals surface area contributed by atoms with Crippen molar-refractivity contribution in [1.29, 1.82) is 0 Å². The van der Waals surface area contributed by atoms with Gasteiger partial charge in [0, 0.05) is 4.47 Å². The molecule has 84 valence electrons. The van der Waals surface area contributed by atoms with E-state index in [-0.39, 0.29) is 0 Å². The van der Waals surface area contributed by atoms with Gasteiger partial charge < -0.3 is 0 Å². The summed E-state index contributed by atoms with van der Waals surface area (Å²) in [7, 11) is 0. The van der Waals surface area contributed by atoms with Gasteiger partial charge in [-0.15, -0.1) is 0 Å². The van der Waals surface area contributed by atoms with Crippen molar-refractivity contribution in [2.24, 2.45) is 0 Å². The molecule has 0 nitrogen and oxygen atoms in total. The third kappa shape index (κ3) is 4.38. The van der Waals surface area contributed by atoms with Gasteiger partial charge in [-0.2, -0.15) is 0 Å². The highest BCUT2D eigenvalue weighted by molar-refractivity contribution is 9.10. The van der Waals surface area contributed by atoms with E-state index < -0.39 is 0 Å². The average molecular weight is 269 g/mol. The zero-order chi connectivity index (χ0) is 11.1. The van der Waals surface area contributed by atoms with Crippen molar-refractivity contribution in [2.45, 2.75) is 51.9 Å². The van der Waals surface area contributed by atoms with Crippen LogP contribution in [0.2, 0.25) is 0 Å². The Labute approximate surface area is 102 Å². The second-order valence-electron chi connectivity index (χ2n) is 4.18. The quantitative estimate of drug-likeness (QED) is 0.637. The van der Waals surface area contributed by atoms with Gasteiger partial charge in [0.1, 0.15) is 0 Å². The summed E-state index contributed by atoms with van der Waals surface area (Å²) < 4.78 is 1.18. The Morgan fingerprint density at radius 1 is 1.00 bits per heavy atom. The van der Waals surface area contributed by atoms with Crippen LogP contribution in [0.4, 0.5) is 0 Å². The second kappa shape index (κ2) is 7.05. The van der Waals surface area contributed by atoms with Crippen LogP contribution in [0.5, 0.6) is 0 Å². The van der Waals surface area contributed by atoms with Gasteiger partial charge in [-0.3, -0.25) is 0 Å². The van der Waals surface area contributed by atoms with E-state index in [4.69, 9.17) is 0 Å². The fourth-order valence-corrected chi connectivity index (χ4v) is 2.28. The van der Waals surface area contributed by atoms with E-state index >= 15 is 0 Å². The van der Waals surface area contributed by atoms with E-state index in [1.165, 1.54) is 42.1 Å². The largest absolute Gasteiger partial charge is 0.0654 e. The molecule has 1 unspecified atom stereocenters. The number of rotatable bonds is 6. The SMILES string of the molecule is CCCCC(CCC)c1ccc(Br)cc1. The molecular formula is C14H21Br. The van der Waals surface area contributed by atoms with Gasteiger partial charge in [0.25, 0.3) is 0 Å². The second-order valence-corrected chi connectivity index (χ2v) is 5.10. The number of halogens is 1. The Hall–Kier alpha value is -0.300. The molecule has 0 N–H and O–H groups in total. The van der Waals surface area contributed by atoms with Gasteiger partial charge in [0.05, 0.1) is 0 Å². The topological polar surface area (TPSA) is 0 Å². The lowest BCUT2D eigenvalue weighted by atomic mass is 9.90.